The lowest BCUT2D eigenvalue weighted by atomic mass is 10.1. The third-order valence-electron chi connectivity index (χ3n) is 4.70. The fourth-order valence-corrected chi connectivity index (χ4v) is 3.25. The van der Waals surface area contributed by atoms with Crippen molar-refractivity contribution in [3.05, 3.63) is 47.8 Å². The standard InChI is InChI=1S/C18H25N5O/c1-22-10-4-5-15(22)8-9-20-18(24)16-6-2-3-7-17(16)23-13-14(11-19)12-21-23/h2-3,6-7,12-13,15H,4-5,8-11,19H2,1H3,(H,20,24). The molecule has 1 atom stereocenters. The lowest BCUT2D eigenvalue weighted by Crippen LogP contribution is -2.32. The molecule has 0 aliphatic carbocycles. The van der Waals surface area contributed by atoms with Gasteiger partial charge in [-0.1, -0.05) is 12.1 Å². The van der Waals surface area contributed by atoms with Crippen LogP contribution < -0.4 is 11.1 Å². The van der Waals surface area contributed by atoms with E-state index in [0.717, 1.165) is 24.2 Å². The van der Waals surface area contributed by atoms with E-state index in [0.29, 0.717) is 24.7 Å². The lowest BCUT2D eigenvalue weighted by Gasteiger charge is -2.19. The number of nitrogens with zero attached hydrogens (tertiary/aromatic N) is 3. The van der Waals surface area contributed by atoms with Gasteiger partial charge >= 0.3 is 0 Å². The van der Waals surface area contributed by atoms with Crippen LogP contribution in [-0.2, 0) is 6.54 Å². The molecular formula is C18H25N5O. The highest BCUT2D eigenvalue weighted by molar-refractivity contribution is 5.97. The van der Waals surface area contributed by atoms with Crippen LogP contribution in [0.4, 0.5) is 0 Å². The summed E-state index contributed by atoms with van der Waals surface area (Å²) < 4.78 is 1.71. The van der Waals surface area contributed by atoms with E-state index in [-0.39, 0.29) is 5.91 Å². The number of amides is 1. The Bertz CT molecular complexity index is 696. The van der Waals surface area contributed by atoms with Crippen LogP contribution in [-0.4, -0.2) is 46.8 Å². The molecule has 1 aromatic heterocycles. The van der Waals surface area contributed by atoms with Crippen molar-refractivity contribution in [1.82, 2.24) is 20.0 Å². The van der Waals surface area contributed by atoms with Crippen LogP contribution in [0.25, 0.3) is 5.69 Å². The second-order valence-electron chi connectivity index (χ2n) is 6.34. The van der Waals surface area contributed by atoms with Crippen LogP contribution in [0.2, 0.25) is 0 Å². The molecule has 6 nitrogen and oxygen atoms in total. The highest BCUT2D eigenvalue weighted by Gasteiger charge is 2.20. The van der Waals surface area contributed by atoms with Gasteiger partial charge in [-0.05, 0) is 45.0 Å². The molecule has 3 N–H and O–H groups in total. The van der Waals surface area contributed by atoms with Crippen molar-refractivity contribution >= 4 is 5.91 Å². The van der Waals surface area contributed by atoms with Crippen molar-refractivity contribution < 1.29 is 4.79 Å². The van der Waals surface area contributed by atoms with Gasteiger partial charge in [-0.25, -0.2) is 4.68 Å². The Hall–Kier alpha value is -2.18. The molecule has 1 aliphatic rings. The smallest absolute Gasteiger partial charge is 0.253 e. The zero-order valence-corrected chi connectivity index (χ0v) is 14.1. The van der Waals surface area contributed by atoms with Crippen LogP contribution in [0, 0.1) is 0 Å². The predicted molar refractivity (Wildman–Crippen MR) is 94.1 cm³/mol. The second kappa shape index (κ2) is 7.59. The molecule has 3 rings (SSSR count). The molecule has 1 aliphatic heterocycles. The van der Waals surface area contributed by atoms with Crippen molar-refractivity contribution in [3.63, 3.8) is 0 Å². The number of carbonyl (C=O) groups excluding carboxylic acids is 1. The minimum absolute atomic E-state index is 0.0592. The molecule has 0 radical (unpaired) electrons. The van der Waals surface area contributed by atoms with Crippen molar-refractivity contribution in [2.45, 2.75) is 31.8 Å². The van der Waals surface area contributed by atoms with Gasteiger partial charge in [0.15, 0.2) is 0 Å². The summed E-state index contributed by atoms with van der Waals surface area (Å²) in [6.07, 6.45) is 7.05. The Kier molecular flexibility index (Phi) is 5.27. The van der Waals surface area contributed by atoms with Gasteiger partial charge < -0.3 is 16.0 Å². The Balaban J connectivity index is 1.66. The second-order valence-corrected chi connectivity index (χ2v) is 6.34. The molecule has 6 heteroatoms. The van der Waals surface area contributed by atoms with E-state index in [1.54, 1.807) is 10.9 Å². The number of hydrogen-bond donors (Lipinski definition) is 2. The first-order chi connectivity index (χ1) is 11.7. The third-order valence-corrected chi connectivity index (χ3v) is 4.70. The number of nitrogens with one attached hydrogen (secondary N) is 1. The number of aromatic nitrogens is 2. The van der Waals surface area contributed by atoms with Crippen LogP contribution in [0.1, 0.15) is 35.2 Å². The predicted octanol–water partition coefficient (Wildman–Crippen LogP) is 1.55. The first kappa shape index (κ1) is 16.7. The SMILES string of the molecule is CN1CCCC1CCNC(=O)c1ccccc1-n1cc(CN)cn1. The average Bonchev–Trinajstić information content (AvgIpc) is 3.24. The summed E-state index contributed by atoms with van der Waals surface area (Å²) in [6.45, 7) is 2.28. The van der Waals surface area contributed by atoms with E-state index in [2.05, 4.69) is 22.4 Å². The van der Waals surface area contributed by atoms with Crippen LogP contribution >= 0.6 is 0 Å². The molecule has 2 heterocycles. The number of hydrogen-bond acceptors (Lipinski definition) is 4. The maximum Gasteiger partial charge on any atom is 0.253 e. The van der Waals surface area contributed by atoms with E-state index in [4.69, 9.17) is 5.73 Å². The molecule has 1 unspecified atom stereocenters. The summed E-state index contributed by atoms with van der Waals surface area (Å²) in [6, 6.07) is 8.09. The fourth-order valence-electron chi connectivity index (χ4n) is 3.25. The average molecular weight is 327 g/mol. The number of carbonyl (C=O) groups is 1. The van der Waals surface area contributed by atoms with E-state index >= 15 is 0 Å². The summed E-state index contributed by atoms with van der Waals surface area (Å²) in [5.41, 5.74) is 7.98. The van der Waals surface area contributed by atoms with Crippen molar-refractivity contribution in [2.24, 2.45) is 5.73 Å². The molecule has 0 bridgehead atoms. The van der Waals surface area contributed by atoms with Gasteiger partial charge in [0.05, 0.1) is 17.4 Å². The summed E-state index contributed by atoms with van der Waals surface area (Å²) in [7, 11) is 2.15. The first-order valence-electron chi connectivity index (χ1n) is 8.50. The molecular weight excluding hydrogens is 302 g/mol. The largest absolute Gasteiger partial charge is 0.352 e. The zero-order chi connectivity index (χ0) is 16.9. The molecule has 128 valence electrons. The number of para-hydroxylation sites is 1. The van der Waals surface area contributed by atoms with Gasteiger partial charge in [0.1, 0.15) is 0 Å². The van der Waals surface area contributed by atoms with Gasteiger partial charge in [0.25, 0.3) is 5.91 Å². The van der Waals surface area contributed by atoms with Gasteiger partial charge in [0.2, 0.25) is 0 Å². The molecule has 0 saturated carbocycles. The molecule has 1 amide bonds. The van der Waals surface area contributed by atoms with Crippen molar-refractivity contribution in [1.29, 1.82) is 0 Å². The number of nitrogens with two attached hydrogens (primary N) is 1. The number of likely N-dealkylation sites (tertiary alicyclic amines) is 1. The Labute approximate surface area is 142 Å². The monoisotopic (exact) mass is 327 g/mol. The third kappa shape index (κ3) is 3.66. The maximum absolute atomic E-state index is 12.6. The topological polar surface area (TPSA) is 76.2 Å². The quantitative estimate of drug-likeness (QED) is 0.844. The summed E-state index contributed by atoms with van der Waals surface area (Å²) in [5, 5.41) is 7.35. The molecule has 24 heavy (non-hydrogen) atoms. The van der Waals surface area contributed by atoms with Crippen LogP contribution in [0.5, 0.6) is 0 Å². The zero-order valence-electron chi connectivity index (χ0n) is 14.1. The van der Waals surface area contributed by atoms with Crippen molar-refractivity contribution in [3.8, 4) is 5.69 Å². The molecule has 1 saturated heterocycles. The van der Waals surface area contributed by atoms with E-state index < -0.39 is 0 Å². The van der Waals surface area contributed by atoms with Gasteiger partial charge in [0, 0.05) is 30.9 Å². The molecule has 2 aromatic rings. The van der Waals surface area contributed by atoms with Gasteiger partial charge in [-0.3, -0.25) is 4.79 Å². The molecule has 0 spiro atoms. The summed E-state index contributed by atoms with van der Waals surface area (Å²) in [4.78, 5) is 15.0. The minimum Gasteiger partial charge on any atom is -0.352 e. The molecule has 1 fully saturated rings. The number of benzene rings is 1. The van der Waals surface area contributed by atoms with E-state index in [1.807, 2.05) is 30.5 Å². The number of rotatable bonds is 6. The van der Waals surface area contributed by atoms with Gasteiger partial charge in [-0.15, -0.1) is 0 Å². The lowest BCUT2D eigenvalue weighted by molar-refractivity contribution is 0.0950. The van der Waals surface area contributed by atoms with E-state index in [1.165, 1.54) is 12.8 Å². The van der Waals surface area contributed by atoms with E-state index in [9.17, 15) is 4.79 Å². The summed E-state index contributed by atoms with van der Waals surface area (Å²) >= 11 is 0. The van der Waals surface area contributed by atoms with Crippen LogP contribution in [0.3, 0.4) is 0 Å². The van der Waals surface area contributed by atoms with Crippen molar-refractivity contribution in [2.75, 3.05) is 20.1 Å². The highest BCUT2D eigenvalue weighted by Crippen LogP contribution is 2.18. The first-order valence-corrected chi connectivity index (χ1v) is 8.50. The molecule has 1 aromatic carbocycles. The Morgan fingerprint density at radius 3 is 2.96 bits per heavy atom. The Morgan fingerprint density at radius 2 is 2.25 bits per heavy atom. The highest BCUT2D eigenvalue weighted by atomic mass is 16.1. The fraction of sp³-hybridized carbons (Fsp3) is 0.444. The normalized spacial score (nSPS) is 18.0. The Morgan fingerprint density at radius 1 is 1.42 bits per heavy atom. The van der Waals surface area contributed by atoms with Crippen LogP contribution in [0.15, 0.2) is 36.7 Å². The van der Waals surface area contributed by atoms with Gasteiger partial charge in [-0.2, -0.15) is 5.10 Å². The summed E-state index contributed by atoms with van der Waals surface area (Å²) in [5.74, 6) is -0.0592. The minimum atomic E-state index is -0.0592. The maximum atomic E-state index is 12.6.